The fraction of sp³-hybridized carbons (Fsp3) is 0.346. The number of amides is 2. The minimum absolute atomic E-state index is 0.187. The van der Waals surface area contributed by atoms with E-state index < -0.39 is 17.7 Å². The quantitative estimate of drug-likeness (QED) is 0.456. The van der Waals surface area contributed by atoms with Gasteiger partial charge >= 0.3 is 6.03 Å². The standard InChI is InChI=1S/C26H28F2N6O3/c1-17-24(34(19-6-4-3-5-7-19)32-25(17)37-12-10-29)31-26(35)30-23-16-33(11-13-36-2)15-20(23)18-8-9-21(27)22(28)14-18/h3-9,14,20,23H,11-13,15-16H2,1-2H3,(H2,30,31,35). The zero-order chi connectivity index (χ0) is 26.4. The number of likely N-dealkylation sites (tertiary alicyclic amines) is 1. The second-order valence-corrected chi connectivity index (χ2v) is 8.71. The maximum absolute atomic E-state index is 14.0. The van der Waals surface area contributed by atoms with Crippen molar-refractivity contribution in [3.63, 3.8) is 0 Å². The zero-order valence-corrected chi connectivity index (χ0v) is 20.6. The Kier molecular flexibility index (Phi) is 8.32. The van der Waals surface area contributed by atoms with E-state index in [4.69, 9.17) is 14.7 Å². The van der Waals surface area contributed by atoms with Crippen LogP contribution in [0, 0.1) is 29.9 Å². The highest BCUT2D eigenvalue weighted by Crippen LogP contribution is 2.30. The minimum Gasteiger partial charge on any atom is -0.461 e. The first-order valence-electron chi connectivity index (χ1n) is 11.8. The highest BCUT2D eigenvalue weighted by Gasteiger charge is 2.35. The number of carbonyl (C=O) groups excluding carboxylic acids is 1. The van der Waals surface area contributed by atoms with Gasteiger partial charge in [0.2, 0.25) is 5.88 Å². The number of hydrogen-bond acceptors (Lipinski definition) is 6. The van der Waals surface area contributed by atoms with E-state index in [1.165, 1.54) is 10.7 Å². The molecule has 1 fully saturated rings. The summed E-state index contributed by atoms with van der Waals surface area (Å²) in [4.78, 5) is 15.3. The summed E-state index contributed by atoms with van der Waals surface area (Å²) in [5.74, 6) is -1.49. The molecule has 2 aromatic carbocycles. The summed E-state index contributed by atoms with van der Waals surface area (Å²) in [6.07, 6.45) is 0. The van der Waals surface area contributed by atoms with Gasteiger partial charge in [0.25, 0.3) is 0 Å². The molecule has 1 saturated heterocycles. The molecule has 1 aliphatic heterocycles. The van der Waals surface area contributed by atoms with Crippen molar-refractivity contribution < 1.29 is 23.0 Å². The molecule has 0 saturated carbocycles. The average Bonchev–Trinajstić information content (AvgIpc) is 3.44. The first-order chi connectivity index (χ1) is 17.9. The van der Waals surface area contributed by atoms with Crippen LogP contribution in [0.15, 0.2) is 48.5 Å². The van der Waals surface area contributed by atoms with Gasteiger partial charge in [-0.3, -0.25) is 10.2 Å². The third kappa shape index (κ3) is 6.04. The molecule has 9 nitrogen and oxygen atoms in total. The van der Waals surface area contributed by atoms with E-state index in [1.807, 2.05) is 36.4 Å². The lowest BCUT2D eigenvalue weighted by Crippen LogP contribution is -2.42. The maximum atomic E-state index is 14.0. The number of urea groups is 1. The molecule has 3 aromatic rings. The summed E-state index contributed by atoms with van der Waals surface area (Å²) in [5.41, 5.74) is 1.85. The highest BCUT2D eigenvalue weighted by atomic mass is 19.2. The first kappa shape index (κ1) is 26.1. The predicted molar refractivity (Wildman–Crippen MR) is 133 cm³/mol. The predicted octanol–water partition coefficient (Wildman–Crippen LogP) is 3.60. The lowest BCUT2D eigenvalue weighted by atomic mass is 9.94. The molecule has 11 heteroatoms. The van der Waals surface area contributed by atoms with Gasteiger partial charge in [-0.05, 0) is 36.8 Å². The van der Waals surface area contributed by atoms with Gasteiger partial charge in [-0.25, -0.2) is 18.3 Å². The molecular weight excluding hydrogens is 482 g/mol. The maximum Gasteiger partial charge on any atom is 0.320 e. The molecule has 0 radical (unpaired) electrons. The van der Waals surface area contributed by atoms with Crippen molar-refractivity contribution in [2.75, 3.05) is 45.3 Å². The van der Waals surface area contributed by atoms with E-state index in [-0.39, 0.29) is 24.4 Å². The monoisotopic (exact) mass is 510 g/mol. The van der Waals surface area contributed by atoms with Gasteiger partial charge in [0, 0.05) is 32.7 Å². The largest absolute Gasteiger partial charge is 0.461 e. The number of anilines is 1. The molecule has 2 amide bonds. The van der Waals surface area contributed by atoms with Crippen LogP contribution in [0.4, 0.5) is 19.4 Å². The zero-order valence-electron chi connectivity index (χ0n) is 20.6. The van der Waals surface area contributed by atoms with Crippen LogP contribution in [0.3, 0.4) is 0 Å². The van der Waals surface area contributed by atoms with Crippen molar-refractivity contribution in [3.8, 4) is 17.6 Å². The van der Waals surface area contributed by atoms with Crippen LogP contribution in [0.5, 0.6) is 5.88 Å². The molecule has 0 bridgehead atoms. The number of nitrogens with one attached hydrogen (secondary N) is 2. The molecule has 194 valence electrons. The molecule has 37 heavy (non-hydrogen) atoms. The summed E-state index contributed by atoms with van der Waals surface area (Å²) >= 11 is 0. The Hall–Kier alpha value is -4.01. The third-order valence-electron chi connectivity index (χ3n) is 6.28. The number of rotatable bonds is 9. The van der Waals surface area contributed by atoms with E-state index in [2.05, 4.69) is 20.6 Å². The molecule has 2 heterocycles. The van der Waals surface area contributed by atoms with Crippen LogP contribution in [0.1, 0.15) is 17.0 Å². The van der Waals surface area contributed by atoms with Crippen LogP contribution in [-0.2, 0) is 4.74 Å². The number of nitrogens with zero attached hydrogens (tertiary/aromatic N) is 4. The molecule has 2 N–H and O–H groups in total. The Bertz CT molecular complexity index is 1280. The van der Waals surface area contributed by atoms with E-state index in [9.17, 15) is 13.6 Å². The van der Waals surface area contributed by atoms with Crippen LogP contribution < -0.4 is 15.4 Å². The smallest absolute Gasteiger partial charge is 0.320 e. The van der Waals surface area contributed by atoms with Crippen molar-refractivity contribution in [1.82, 2.24) is 20.0 Å². The Morgan fingerprint density at radius 3 is 2.68 bits per heavy atom. The Balaban J connectivity index is 1.57. The summed E-state index contributed by atoms with van der Waals surface area (Å²) in [6, 6.07) is 14.1. The summed E-state index contributed by atoms with van der Waals surface area (Å²) in [6.45, 7) is 3.75. The van der Waals surface area contributed by atoms with Gasteiger partial charge in [0.1, 0.15) is 11.9 Å². The number of carbonyl (C=O) groups is 1. The van der Waals surface area contributed by atoms with Gasteiger partial charge < -0.3 is 14.8 Å². The van der Waals surface area contributed by atoms with E-state index in [0.717, 1.165) is 6.07 Å². The van der Waals surface area contributed by atoms with Gasteiger partial charge in [-0.2, -0.15) is 5.26 Å². The Labute approximate surface area is 213 Å². The molecule has 0 spiro atoms. The summed E-state index contributed by atoms with van der Waals surface area (Å²) < 4.78 is 39.7. The minimum atomic E-state index is -0.927. The molecule has 2 unspecified atom stereocenters. The average molecular weight is 511 g/mol. The normalized spacial score (nSPS) is 17.4. The number of aromatic nitrogens is 2. The molecule has 0 aliphatic carbocycles. The number of methoxy groups -OCH3 is 1. The lowest BCUT2D eigenvalue weighted by Gasteiger charge is -2.21. The molecule has 2 atom stereocenters. The second-order valence-electron chi connectivity index (χ2n) is 8.71. The number of hydrogen-bond donors (Lipinski definition) is 2. The molecule has 1 aliphatic rings. The van der Waals surface area contributed by atoms with Crippen molar-refractivity contribution in [1.29, 1.82) is 5.26 Å². The highest BCUT2D eigenvalue weighted by molar-refractivity contribution is 5.90. The number of benzene rings is 2. The third-order valence-corrected chi connectivity index (χ3v) is 6.28. The molecule has 1 aromatic heterocycles. The van der Waals surface area contributed by atoms with Crippen molar-refractivity contribution in [2.24, 2.45) is 0 Å². The van der Waals surface area contributed by atoms with Gasteiger partial charge in [0.05, 0.1) is 23.9 Å². The van der Waals surface area contributed by atoms with Gasteiger partial charge in [-0.15, -0.1) is 5.10 Å². The number of nitriles is 1. The Morgan fingerprint density at radius 2 is 1.97 bits per heavy atom. The first-order valence-corrected chi connectivity index (χ1v) is 11.8. The fourth-order valence-corrected chi connectivity index (χ4v) is 4.44. The van der Waals surface area contributed by atoms with Crippen LogP contribution in [0.25, 0.3) is 5.69 Å². The van der Waals surface area contributed by atoms with Crippen LogP contribution in [0.2, 0.25) is 0 Å². The Morgan fingerprint density at radius 1 is 1.19 bits per heavy atom. The van der Waals surface area contributed by atoms with E-state index >= 15 is 0 Å². The van der Waals surface area contributed by atoms with Crippen LogP contribution >= 0.6 is 0 Å². The van der Waals surface area contributed by atoms with Gasteiger partial charge in [-0.1, -0.05) is 24.3 Å². The van der Waals surface area contributed by atoms with E-state index in [0.29, 0.717) is 48.9 Å². The van der Waals surface area contributed by atoms with Crippen molar-refractivity contribution in [2.45, 2.75) is 18.9 Å². The number of halogens is 2. The van der Waals surface area contributed by atoms with Gasteiger partial charge in [0.15, 0.2) is 18.2 Å². The number of ether oxygens (including phenoxy) is 2. The number of para-hydroxylation sites is 1. The molecular formula is C26H28F2N6O3. The topological polar surface area (TPSA) is 104 Å². The van der Waals surface area contributed by atoms with Crippen LogP contribution in [-0.4, -0.2) is 66.7 Å². The van der Waals surface area contributed by atoms with Crippen molar-refractivity contribution in [3.05, 3.63) is 71.3 Å². The molecule has 4 rings (SSSR count). The SMILES string of the molecule is COCCN1CC(NC(=O)Nc2c(C)c(OCC#N)nn2-c2ccccc2)C(c2ccc(F)c(F)c2)C1. The summed E-state index contributed by atoms with van der Waals surface area (Å²) in [5, 5.41) is 19.2. The van der Waals surface area contributed by atoms with E-state index in [1.54, 1.807) is 20.1 Å². The second kappa shape index (κ2) is 11.8. The fourth-order valence-electron chi connectivity index (χ4n) is 4.44. The summed E-state index contributed by atoms with van der Waals surface area (Å²) in [7, 11) is 1.61. The van der Waals surface area contributed by atoms with Crippen molar-refractivity contribution >= 4 is 11.8 Å². The lowest BCUT2D eigenvalue weighted by molar-refractivity contribution is 0.159.